The number of ether oxygens (including phenoxy) is 3. The number of carbonyl (C=O) groups excluding carboxylic acids is 2. The molecule has 376 valence electrons. The number of allylic oxidation sites excluding steroid dienone is 18. The molecule has 0 aliphatic carbocycles. The van der Waals surface area contributed by atoms with E-state index in [4.69, 9.17) is 14.2 Å². The molecule has 1 atom stereocenters. The molecule has 66 heavy (non-hydrogen) atoms. The minimum absolute atomic E-state index is 0.0559. The second-order valence-corrected chi connectivity index (χ2v) is 17.7. The van der Waals surface area contributed by atoms with Crippen molar-refractivity contribution >= 4 is 11.9 Å². The van der Waals surface area contributed by atoms with Gasteiger partial charge in [0.2, 0.25) is 0 Å². The number of esters is 2. The topological polar surface area (TPSA) is 61.8 Å². The summed E-state index contributed by atoms with van der Waals surface area (Å²) in [5.74, 6) is -0.451. The molecule has 0 aliphatic heterocycles. The van der Waals surface area contributed by atoms with E-state index in [9.17, 15) is 9.59 Å². The third-order valence-electron chi connectivity index (χ3n) is 11.3. The summed E-state index contributed by atoms with van der Waals surface area (Å²) in [5.41, 5.74) is 0. The van der Waals surface area contributed by atoms with Crippen LogP contribution in [0.5, 0.6) is 0 Å². The van der Waals surface area contributed by atoms with Gasteiger partial charge in [-0.3, -0.25) is 9.59 Å². The van der Waals surface area contributed by atoms with Crippen molar-refractivity contribution in [2.45, 2.75) is 245 Å². The van der Waals surface area contributed by atoms with Crippen molar-refractivity contribution in [1.29, 1.82) is 0 Å². The number of hydrogen-bond donors (Lipinski definition) is 0. The highest BCUT2D eigenvalue weighted by Crippen LogP contribution is 2.13. The van der Waals surface area contributed by atoms with Crippen molar-refractivity contribution in [1.82, 2.24) is 0 Å². The molecular formula is C61H102O5. The molecule has 0 aromatic rings. The molecule has 0 aromatic heterocycles. The first-order chi connectivity index (χ1) is 32.6. The van der Waals surface area contributed by atoms with Gasteiger partial charge in [-0.1, -0.05) is 214 Å². The monoisotopic (exact) mass is 915 g/mol. The quantitative estimate of drug-likeness (QED) is 0.0346. The zero-order valence-corrected chi connectivity index (χ0v) is 43.2. The highest BCUT2D eigenvalue weighted by atomic mass is 16.6. The van der Waals surface area contributed by atoms with Gasteiger partial charge in [-0.15, -0.1) is 0 Å². The van der Waals surface area contributed by atoms with Crippen LogP contribution in [-0.2, 0) is 23.8 Å². The van der Waals surface area contributed by atoms with Gasteiger partial charge in [-0.25, -0.2) is 0 Å². The van der Waals surface area contributed by atoms with Gasteiger partial charge in [0, 0.05) is 19.4 Å². The fourth-order valence-corrected chi connectivity index (χ4v) is 7.25. The Labute approximate surface area is 408 Å². The zero-order valence-electron chi connectivity index (χ0n) is 43.2. The van der Waals surface area contributed by atoms with E-state index < -0.39 is 6.10 Å². The molecule has 0 spiro atoms. The van der Waals surface area contributed by atoms with Crippen LogP contribution in [0, 0.1) is 0 Å². The molecule has 1 unspecified atom stereocenters. The summed E-state index contributed by atoms with van der Waals surface area (Å²) in [6, 6.07) is 0. The van der Waals surface area contributed by atoms with Crippen LogP contribution >= 0.6 is 0 Å². The first kappa shape index (κ1) is 62.6. The average Bonchev–Trinajstić information content (AvgIpc) is 3.32. The predicted molar refractivity (Wildman–Crippen MR) is 288 cm³/mol. The minimum atomic E-state index is -0.565. The lowest BCUT2D eigenvalue weighted by Crippen LogP contribution is -2.30. The van der Waals surface area contributed by atoms with Gasteiger partial charge in [0.1, 0.15) is 6.61 Å². The molecular weight excluding hydrogens is 813 g/mol. The molecule has 0 saturated carbocycles. The third kappa shape index (κ3) is 53.2. The van der Waals surface area contributed by atoms with Crippen molar-refractivity contribution in [2.24, 2.45) is 0 Å². The molecule has 5 nitrogen and oxygen atoms in total. The summed E-state index contributed by atoms with van der Waals surface area (Å²) in [7, 11) is 0. The second-order valence-electron chi connectivity index (χ2n) is 17.7. The molecule has 0 bridgehead atoms. The van der Waals surface area contributed by atoms with Crippen LogP contribution in [0.25, 0.3) is 0 Å². The van der Waals surface area contributed by atoms with Gasteiger partial charge in [0.15, 0.2) is 6.10 Å². The first-order valence-corrected chi connectivity index (χ1v) is 27.4. The highest BCUT2D eigenvalue weighted by molar-refractivity contribution is 5.70. The number of carbonyl (C=O) groups is 2. The van der Waals surface area contributed by atoms with Gasteiger partial charge < -0.3 is 14.2 Å². The molecule has 0 aliphatic rings. The normalized spacial score (nSPS) is 13.1. The van der Waals surface area contributed by atoms with Gasteiger partial charge in [-0.2, -0.15) is 0 Å². The lowest BCUT2D eigenvalue weighted by atomic mass is 10.1. The lowest BCUT2D eigenvalue weighted by Gasteiger charge is -2.18. The zero-order chi connectivity index (χ0) is 47.7. The summed E-state index contributed by atoms with van der Waals surface area (Å²) in [6.07, 6.45) is 76.7. The smallest absolute Gasteiger partial charge is 0.306 e. The molecule has 0 heterocycles. The third-order valence-corrected chi connectivity index (χ3v) is 11.3. The van der Waals surface area contributed by atoms with E-state index in [0.717, 1.165) is 116 Å². The van der Waals surface area contributed by atoms with E-state index in [0.29, 0.717) is 19.4 Å². The van der Waals surface area contributed by atoms with Crippen molar-refractivity contribution < 1.29 is 23.8 Å². The van der Waals surface area contributed by atoms with E-state index in [-0.39, 0.29) is 25.2 Å². The van der Waals surface area contributed by atoms with Gasteiger partial charge in [-0.05, 0) is 122 Å². The number of unbranched alkanes of at least 4 members (excludes halogenated alkanes) is 20. The SMILES string of the molecule is CC/C=C\C/C=C\C/C=C\C/C=C\C/C=C\CCCCCC(=O)OCC(COCCCCCCCC/C=C\CCCCCC)OC(=O)CCCCCCCCC/C=C\C/C=C\C/C=C\CC. The summed E-state index contributed by atoms with van der Waals surface area (Å²) < 4.78 is 17.4. The van der Waals surface area contributed by atoms with Gasteiger partial charge in [0.25, 0.3) is 0 Å². The summed E-state index contributed by atoms with van der Waals surface area (Å²) in [4.78, 5) is 25.5. The maximum Gasteiger partial charge on any atom is 0.306 e. The Hall–Kier alpha value is -3.44. The first-order valence-electron chi connectivity index (χ1n) is 27.4. The van der Waals surface area contributed by atoms with Crippen molar-refractivity contribution in [3.8, 4) is 0 Å². The Balaban J connectivity index is 4.37. The van der Waals surface area contributed by atoms with E-state index >= 15 is 0 Å². The van der Waals surface area contributed by atoms with Crippen molar-refractivity contribution in [2.75, 3.05) is 19.8 Å². The molecule has 0 amide bonds. The molecule has 5 heteroatoms. The fourth-order valence-electron chi connectivity index (χ4n) is 7.25. The van der Waals surface area contributed by atoms with E-state index in [1.54, 1.807) is 0 Å². The summed E-state index contributed by atoms with van der Waals surface area (Å²) >= 11 is 0. The van der Waals surface area contributed by atoms with Crippen molar-refractivity contribution in [3.63, 3.8) is 0 Å². The second kappa shape index (κ2) is 55.9. The maximum atomic E-state index is 12.8. The van der Waals surface area contributed by atoms with E-state index in [1.165, 1.54) is 89.9 Å². The van der Waals surface area contributed by atoms with Gasteiger partial charge in [0.05, 0.1) is 6.61 Å². The Morgan fingerprint density at radius 2 is 0.682 bits per heavy atom. The Bertz CT molecular complexity index is 1310. The molecule has 0 radical (unpaired) electrons. The van der Waals surface area contributed by atoms with Crippen LogP contribution in [0.3, 0.4) is 0 Å². The standard InChI is InChI=1S/C61H102O5/c1-4-7-10-13-16-19-22-25-28-30-31-33-34-36-39-42-45-48-51-54-60(62)65-58-59(57-64-56-53-50-47-44-41-38-27-24-21-18-15-12-9-6-3)66-61(63)55-52-49-46-43-40-37-35-32-29-26-23-20-17-14-11-8-5-2/h7-8,10-11,16-17,19-21,24-26,28-29,31,33,36,39,59H,4-6,9,12-15,18,22-23,27,30,32,34-35,37-38,40-58H2,1-3H3/b10-7-,11-8-,19-16-,20-17-,24-21-,28-25-,29-26-,33-31-,39-36-. The summed E-state index contributed by atoms with van der Waals surface area (Å²) in [5, 5.41) is 0. The number of hydrogen-bond acceptors (Lipinski definition) is 5. The molecule has 0 fully saturated rings. The summed E-state index contributed by atoms with van der Waals surface area (Å²) in [6.45, 7) is 7.53. The average molecular weight is 915 g/mol. The molecule has 0 rings (SSSR count). The van der Waals surface area contributed by atoms with Crippen LogP contribution in [0.4, 0.5) is 0 Å². The maximum absolute atomic E-state index is 12.8. The lowest BCUT2D eigenvalue weighted by molar-refractivity contribution is -0.163. The van der Waals surface area contributed by atoms with Crippen LogP contribution in [0.15, 0.2) is 109 Å². The van der Waals surface area contributed by atoms with Crippen LogP contribution in [-0.4, -0.2) is 37.9 Å². The minimum Gasteiger partial charge on any atom is -0.462 e. The van der Waals surface area contributed by atoms with Gasteiger partial charge >= 0.3 is 11.9 Å². The van der Waals surface area contributed by atoms with Crippen LogP contribution in [0.1, 0.15) is 239 Å². The Kier molecular flexibility index (Phi) is 53.0. The molecule has 0 N–H and O–H groups in total. The largest absolute Gasteiger partial charge is 0.462 e. The Morgan fingerprint density at radius 3 is 1.12 bits per heavy atom. The molecule has 0 aromatic carbocycles. The fraction of sp³-hybridized carbons (Fsp3) is 0.672. The predicted octanol–water partition coefficient (Wildman–Crippen LogP) is 18.8. The Morgan fingerprint density at radius 1 is 0.348 bits per heavy atom. The van der Waals surface area contributed by atoms with E-state index in [2.05, 4.69) is 130 Å². The van der Waals surface area contributed by atoms with Crippen molar-refractivity contribution in [3.05, 3.63) is 109 Å². The molecule has 0 saturated heterocycles. The van der Waals surface area contributed by atoms with E-state index in [1.807, 2.05) is 0 Å². The number of rotatable bonds is 49. The van der Waals surface area contributed by atoms with Crippen LogP contribution in [0.2, 0.25) is 0 Å². The van der Waals surface area contributed by atoms with Crippen LogP contribution < -0.4 is 0 Å². The highest BCUT2D eigenvalue weighted by Gasteiger charge is 2.17.